The molecule has 0 aliphatic carbocycles. The number of para-hydroxylation sites is 2. The Bertz CT molecular complexity index is 1300. The van der Waals surface area contributed by atoms with Crippen LogP contribution in [0.3, 0.4) is 0 Å². The molecule has 13 heteroatoms. The second-order valence-corrected chi connectivity index (χ2v) is 9.77. The summed E-state index contributed by atoms with van der Waals surface area (Å²) in [5.74, 6) is 0.991. The Kier molecular flexibility index (Phi) is 7.22. The first-order valence-corrected chi connectivity index (χ1v) is 12.1. The molecule has 0 bridgehead atoms. The maximum Gasteiger partial charge on any atom is 0.294 e. The third kappa shape index (κ3) is 4.88. The number of nitrogens with one attached hydrogen (secondary N) is 1. The lowest BCUT2D eigenvalue weighted by Crippen LogP contribution is -2.29. The van der Waals surface area contributed by atoms with Crippen LogP contribution >= 0.6 is 0 Å². The molecular weight excluding hydrogens is 484 g/mol. The van der Waals surface area contributed by atoms with Gasteiger partial charge in [0.2, 0.25) is 17.1 Å². The van der Waals surface area contributed by atoms with Gasteiger partial charge in [0, 0.05) is 51.6 Å². The van der Waals surface area contributed by atoms with E-state index >= 15 is 0 Å². The summed E-state index contributed by atoms with van der Waals surface area (Å²) >= 11 is -1.51. The van der Waals surface area contributed by atoms with Crippen molar-refractivity contribution in [3.63, 3.8) is 0 Å². The minimum atomic E-state index is -1.51. The summed E-state index contributed by atoms with van der Waals surface area (Å²) in [5.41, 5.74) is 2.26. The Labute approximate surface area is 212 Å². The van der Waals surface area contributed by atoms with Gasteiger partial charge < -0.3 is 19.9 Å². The molecule has 0 amide bonds. The van der Waals surface area contributed by atoms with E-state index in [0.717, 1.165) is 17.9 Å². The van der Waals surface area contributed by atoms with Gasteiger partial charge in [0.15, 0.2) is 5.82 Å². The van der Waals surface area contributed by atoms with Gasteiger partial charge in [0.05, 0.1) is 29.1 Å². The molecule has 0 saturated carbocycles. The SMILES string of the molecule is COc1cc(N(C)CCN(C)C)c([N+](=O)[O-])cc1Nc1nccc(N2c3ccccc3N(C)S2=O)n1. The van der Waals surface area contributed by atoms with Gasteiger partial charge in [-0.3, -0.25) is 14.4 Å². The van der Waals surface area contributed by atoms with Crippen LogP contribution in [0.1, 0.15) is 0 Å². The standard InChI is InChI=1S/C23H28N8O4S/c1-27(2)12-13-28(3)19-15-21(35-5)16(14-20(19)31(32)33)25-23-24-11-10-22(26-23)30-18-9-7-6-8-17(18)29(4)36(30)34/h6-11,14-15H,12-13H2,1-5H3,(H,24,25,26). The molecule has 2 heterocycles. The highest BCUT2D eigenvalue weighted by molar-refractivity contribution is 7.88. The van der Waals surface area contributed by atoms with Gasteiger partial charge in [0.1, 0.15) is 11.4 Å². The number of nitro groups is 1. The van der Waals surface area contributed by atoms with Crippen molar-refractivity contribution in [1.29, 1.82) is 0 Å². The van der Waals surface area contributed by atoms with E-state index in [4.69, 9.17) is 4.74 Å². The third-order valence-electron chi connectivity index (χ3n) is 5.71. The molecule has 1 aromatic heterocycles. The first-order chi connectivity index (χ1) is 17.2. The predicted molar refractivity (Wildman–Crippen MR) is 142 cm³/mol. The smallest absolute Gasteiger partial charge is 0.294 e. The molecule has 3 aromatic rings. The van der Waals surface area contributed by atoms with Crippen LogP contribution in [-0.2, 0) is 11.2 Å². The minimum absolute atomic E-state index is 0.0769. The van der Waals surface area contributed by atoms with Gasteiger partial charge in [-0.2, -0.15) is 4.98 Å². The number of hydrogen-bond donors (Lipinski definition) is 1. The molecule has 0 fully saturated rings. The van der Waals surface area contributed by atoms with Crippen molar-refractivity contribution in [2.75, 3.05) is 67.2 Å². The van der Waals surface area contributed by atoms with Crippen LogP contribution in [-0.4, -0.2) is 72.4 Å². The maximum absolute atomic E-state index is 13.0. The van der Waals surface area contributed by atoms with Crippen LogP contribution < -0.4 is 23.6 Å². The molecule has 12 nitrogen and oxygen atoms in total. The van der Waals surface area contributed by atoms with E-state index in [1.807, 2.05) is 48.2 Å². The molecule has 1 atom stereocenters. The number of ether oxygens (including phenoxy) is 1. The Morgan fingerprint density at radius 2 is 1.86 bits per heavy atom. The van der Waals surface area contributed by atoms with Crippen LogP contribution in [0, 0.1) is 10.1 Å². The number of nitrogens with zero attached hydrogens (tertiary/aromatic N) is 7. The molecule has 2 aromatic carbocycles. The molecule has 0 spiro atoms. The number of hydrogen-bond acceptors (Lipinski definition) is 9. The van der Waals surface area contributed by atoms with Crippen LogP contribution in [0.5, 0.6) is 5.75 Å². The summed E-state index contributed by atoms with van der Waals surface area (Å²) in [7, 11) is 8.93. The summed E-state index contributed by atoms with van der Waals surface area (Å²) in [5, 5.41) is 14.9. The Balaban J connectivity index is 1.67. The van der Waals surface area contributed by atoms with Gasteiger partial charge in [-0.15, -0.1) is 0 Å². The van der Waals surface area contributed by atoms with E-state index < -0.39 is 16.1 Å². The fraction of sp³-hybridized carbons (Fsp3) is 0.304. The molecule has 0 radical (unpaired) electrons. The minimum Gasteiger partial charge on any atom is -0.494 e. The predicted octanol–water partition coefficient (Wildman–Crippen LogP) is 3.30. The van der Waals surface area contributed by atoms with Gasteiger partial charge in [-0.05, 0) is 26.2 Å². The van der Waals surface area contributed by atoms with Crippen molar-refractivity contribution < 1.29 is 13.9 Å². The Hall–Kier alpha value is -3.97. The van der Waals surface area contributed by atoms with Crippen LogP contribution in [0.2, 0.25) is 0 Å². The number of benzene rings is 2. The highest BCUT2D eigenvalue weighted by atomic mass is 32.2. The van der Waals surface area contributed by atoms with Gasteiger partial charge >= 0.3 is 0 Å². The number of rotatable bonds is 9. The van der Waals surface area contributed by atoms with E-state index in [1.165, 1.54) is 19.4 Å². The van der Waals surface area contributed by atoms with Crippen LogP contribution in [0.25, 0.3) is 0 Å². The van der Waals surface area contributed by atoms with E-state index in [-0.39, 0.29) is 11.6 Å². The van der Waals surface area contributed by atoms with Crippen LogP contribution in [0.15, 0.2) is 48.7 Å². The van der Waals surface area contributed by atoms with E-state index in [0.29, 0.717) is 29.5 Å². The molecule has 1 aliphatic rings. The first-order valence-electron chi connectivity index (χ1n) is 11.1. The topological polar surface area (TPSA) is 120 Å². The normalized spacial score (nSPS) is 14.7. The number of aromatic nitrogens is 2. The third-order valence-corrected chi connectivity index (χ3v) is 7.07. The highest BCUT2D eigenvalue weighted by Gasteiger charge is 2.33. The van der Waals surface area contributed by atoms with Crippen LogP contribution in [0.4, 0.5) is 40.2 Å². The molecule has 0 saturated heterocycles. The lowest BCUT2D eigenvalue weighted by atomic mass is 10.2. The zero-order chi connectivity index (χ0) is 26.0. The van der Waals surface area contributed by atoms with Gasteiger partial charge in [0.25, 0.3) is 5.69 Å². The lowest BCUT2D eigenvalue weighted by molar-refractivity contribution is -0.384. The summed E-state index contributed by atoms with van der Waals surface area (Å²) in [6, 6.07) is 12.2. The zero-order valence-corrected chi connectivity index (χ0v) is 21.5. The lowest BCUT2D eigenvalue weighted by Gasteiger charge is -2.23. The van der Waals surface area contributed by atoms with Gasteiger partial charge in [-0.1, -0.05) is 12.1 Å². The number of methoxy groups -OCH3 is 1. The van der Waals surface area contributed by atoms with E-state index in [1.54, 1.807) is 34.8 Å². The van der Waals surface area contributed by atoms with Gasteiger partial charge in [-0.25, -0.2) is 13.5 Å². The quantitative estimate of drug-likeness (QED) is 0.340. The summed E-state index contributed by atoms with van der Waals surface area (Å²) in [4.78, 5) is 24.1. The zero-order valence-electron chi connectivity index (χ0n) is 20.7. The summed E-state index contributed by atoms with van der Waals surface area (Å²) in [6.45, 7) is 1.32. The average molecular weight is 513 g/mol. The van der Waals surface area contributed by atoms with Crippen molar-refractivity contribution in [2.45, 2.75) is 0 Å². The van der Waals surface area contributed by atoms with Crippen molar-refractivity contribution >= 4 is 51.4 Å². The molecule has 4 rings (SSSR count). The fourth-order valence-electron chi connectivity index (χ4n) is 3.79. The molecule has 1 unspecified atom stereocenters. The average Bonchev–Trinajstić information content (AvgIpc) is 3.12. The first kappa shape index (κ1) is 25.1. The summed E-state index contributed by atoms with van der Waals surface area (Å²) < 4.78 is 21.8. The second-order valence-electron chi connectivity index (χ2n) is 8.40. The van der Waals surface area contributed by atoms with Crippen molar-refractivity contribution in [2.24, 2.45) is 0 Å². The Morgan fingerprint density at radius 1 is 1.14 bits per heavy atom. The molecule has 36 heavy (non-hydrogen) atoms. The number of likely N-dealkylation sites (N-methyl/N-ethyl adjacent to an activating group) is 2. The fourth-order valence-corrected chi connectivity index (χ4v) is 4.94. The monoisotopic (exact) mass is 512 g/mol. The number of fused-ring (bicyclic) bond motifs is 1. The number of anilines is 6. The maximum atomic E-state index is 13.0. The van der Waals surface area contributed by atoms with E-state index in [2.05, 4.69) is 15.3 Å². The highest BCUT2D eigenvalue weighted by Crippen LogP contribution is 2.42. The molecule has 1 aliphatic heterocycles. The van der Waals surface area contributed by atoms with Crippen molar-refractivity contribution in [3.8, 4) is 5.75 Å². The Morgan fingerprint density at radius 3 is 2.53 bits per heavy atom. The molecule has 1 N–H and O–H groups in total. The molecular formula is C23H28N8O4S. The summed E-state index contributed by atoms with van der Waals surface area (Å²) in [6.07, 6.45) is 1.53. The molecule has 190 valence electrons. The van der Waals surface area contributed by atoms with Crippen molar-refractivity contribution in [3.05, 3.63) is 58.8 Å². The number of nitro benzene ring substituents is 1. The second kappa shape index (κ2) is 10.3. The van der Waals surface area contributed by atoms with Crippen molar-refractivity contribution in [1.82, 2.24) is 14.9 Å². The largest absolute Gasteiger partial charge is 0.494 e. The van der Waals surface area contributed by atoms with E-state index in [9.17, 15) is 14.3 Å².